The first-order chi connectivity index (χ1) is 14.4. The quantitative estimate of drug-likeness (QED) is 0.368. The molecule has 0 spiro atoms. The van der Waals surface area contributed by atoms with Crippen molar-refractivity contribution in [3.8, 4) is 5.69 Å². The monoisotopic (exact) mass is 421 g/mol. The topological polar surface area (TPSA) is 103 Å². The minimum atomic E-state index is -0.569. The molecule has 3 aromatic carbocycles. The summed E-state index contributed by atoms with van der Waals surface area (Å²) in [7, 11) is 0. The number of carbonyl (C=O) groups is 1. The van der Waals surface area contributed by atoms with Crippen LogP contribution in [-0.4, -0.2) is 25.8 Å². The fraction of sp³-hybridized carbons (Fsp3) is 0.0952. The van der Waals surface area contributed by atoms with E-state index in [9.17, 15) is 14.9 Å². The number of hydrogen-bond donors (Lipinski definition) is 1. The Morgan fingerprint density at radius 3 is 2.47 bits per heavy atom. The van der Waals surface area contributed by atoms with E-state index in [-0.39, 0.29) is 16.3 Å². The number of aryl methyl sites for hydroxylation is 1. The second kappa shape index (κ2) is 7.92. The Labute approximate surface area is 176 Å². The van der Waals surface area contributed by atoms with E-state index in [4.69, 9.17) is 11.6 Å². The molecule has 4 rings (SSSR count). The molecule has 4 aromatic rings. The Morgan fingerprint density at radius 2 is 1.80 bits per heavy atom. The van der Waals surface area contributed by atoms with Crippen LogP contribution in [0.5, 0.6) is 0 Å². The maximum atomic E-state index is 12.5. The van der Waals surface area contributed by atoms with Gasteiger partial charge in [-0.2, -0.15) is 4.80 Å². The van der Waals surface area contributed by atoms with Crippen LogP contribution in [0.3, 0.4) is 0 Å². The van der Waals surface area contributed by atoms with Gasteiger partial charge in [0.2, 0.25) is 0 Å². The molecule has 8 nitrogen and oxygen atoms in total. The molecular weight excluding hydrogens is 406 g/mol. The molecule has 0 aliphatic rings. The Hall–Kier alpha value is -3.78. The van der Waals surface area contributed by atoms with Gasteiger partial charge < -0.3 is 5.32 Å². The summed E-state index contributed by atoms with van der Waals surface area (Å²) >= 11 is 6.03. The van der Waals surface area contributed by atoms with Crippen LogP contribution in [0, 0.1) is 10.1 Å². The molecule has 1 heterocycles. The van der Waals surface area contributed by atoms with Crippen molar-refractivity contribution < 1.29 is 9.72 Å². The minimum Gasteiger partial charge on any atom is -0.322 e. The van der Waals surface area contributed by atoms with E-state index in [1.54, 1.807) is 23.0 Å². The van der Waals surface area contributed by atoms with Gasteiger partial charge in [-0.05, 0) is 48.4 Å². The first kappa shape index (κ1) is 19.5. The standard InChI is InChI=1S/C21H16ClN5O3/c1-2-13-3-6-15(7-4-13)26-24-19-10-5-14(11-20(19)25-26)23-21(28)17-9-8-16(27(29)30)12-18(17)22/h3-12H,2H2,1H3,(H,23,28). The van der Waals surface area contributed by atoms with Crippen LogP contribution in [0.1, 0.15) is 22.8 Å². The summed E-state index contributed by atoms with van der Waals surface area (Å²) in [6.07, 6.45) is 0.955. The van der Waals surface area contributed by atoms with E-state index in [2.05, 4.69) is 22.4 Å². The summed E-state index contributed by atoms with van der Waals surface area (Å²) < 4.78 is 0. The number of halogens is 1. The third kappa shape index (κ3) is 3.85. The fourth-order valence-corrected chi connectivity index (χ4v) is 3.23. The lowest BCUT2D eigenvalue weighted by molar-refractivity contribution is -0.384. The zero-order valence-corrected chi connectivity index (χ0v) is 16.6. The summed E-state index contributed by atoms with van der Waals surface area (Å²) in [4.78, 5) is 24.3. The summed E-state index contributed by atoms with van der Waals surface area (Å²) in [5.74, 6) is -0.475. The number of nitrogens with one attached hydrogen (secondary N) is 1. The second-order valence-electron chi connectivity index (χ2n) is 6.59. The largest absolute Gasteiger partial charge is 0.322 e. The van der Waals surface area contributed by atoms with Crippen molar-refractivity contribution >= 4 is 39.9 Å². The van der Waals surface area contributed by atoms with Crippen LogP contribution in [0.2, 0.25) is 5.02 Å². The number of aromatic nitrogens is 3. The Bertz CT molecular complexity index is 1270. The average Bonchev–Trinajstić information content (AvgIpc) is 3.17. The molecule has 0 saturated carbocycles. The maximum Gasteiger partial charge on any atom is 0.270 e. The van der Waals surface area contributed by atoms with Gasteiger partial charge in [0.15, 0.2) is 0 Å². The first-order valence-electron chi connectivity index (χ1n) is 9.16. The van der Waals surface area contributed by atoms with Crippen LogP contribution in [0.15, 0.2) is 60.7 Å². The third-order valence-electron chi connectivity index (χ3n) is 4.62. The summed E-state index contributed by atoms with van der Waals surface area (Å²) in [5.41, 5.74) is 3.83. The lowest BCUT2D eigenvalue weighted by Crippen LogP contribution is -2.12. The molecule has 0 atom stereocenters. The number of nitrogens with zero attached hydrogens (tertiary/aromatic N) is 4. The first-order valence-corrected chi connectivity index (χ1v) is 9.54. The van der Waals surface area contributed by atoms with Crippen molar-refractivity contribution in [2.75, 3.05) is 5.32 Å². The molecule has 0 radical (unpaired) electrons. The third-order valence-corrected chi connectivity index (χ3v) is 4.93. The highest BCUT2D eigenvalue weighted by Gasteiger charge is 2.15. The van der Waals surface area contributed by atoms with E-state index >= 15 is 0 Å². The number of benzene rings is 3. The zero-order valence-electron chi connectivity index (χ0n) is 15.9. The molecule has 0 aliphatic heterocycles. The molecule has 30 heavy (non-hydrogen) atoms. The molecule has 0 aliphatic carbocycles. The highest BCUT2D eigenvalue weighted by atomic mass is 35.5. The maximum absolute atomic E-state index is 12.5. The number of nitro groups is 1. The summed E-state index contributed by atoms with van der Waals surface area (Å²) in [6.45, 7) is 2.09. The van der Waals surface area contributed by atoms with Crippen molar-refractivity contribution in [1.29, 1.82) is 0 Å². The smallest absolute Gasteiger partial charge is 0.270 e. The van der Waals surface area contributed by atoms with Gasteiger partial charge in [0.05, 0.1) is 21.2 Å². The number of hydrogen-bond acceptors (Lipinski definition) is 5. The van der Waals surface area contributed by atoms with E-state index in [0.717, 1.165) is 18.2 Å². The van der Waals surface area contributed by atoms with Crippen molar-refractivity contribution in [2.45, 2.75) is 13.3 Å². The van der Waals surface area contributed by atoms with Crippen LogP contribution in [0.25, 0.3) is 16.7 Å². The highest BCUT2D eigenvalue weighted by Crippen LogP contribution is 2.24. The van der Waals surface area contributed by atoms with Gasteiger partial charge in [0, 0.05) is 17.8 Å². The van der Waals surface area contributed by atoms with Gasteiger partial charge in [-0.15, -0.1) is 10.2 Å². The molecule has 0 saturated heterocycles. The van der Waals surface area contributed by atoms with Gasteiger partial charge >= 0.3 is 0 Å². The second-order valence-corrected chi connectivity index (χ2v) is 7.00. The Balaban J connectivity index is 1.57. The number of anilines is 1. The van der Waals surface area contributed by atoms with E-state index < -0.39 is 10.8 Å². The van der Waals surface area contributed by atoms with Crippen LogP contribution in [-0.2, 0) is 6.42 Å². The molecule has 0 unspecified atom stereocenters. The van der Waals surface area contributed by atoms with Crippen molar-refractivity contribution in [3.63, 3.8) is 0 Å². The normalized spacial score (nSPS) is 10.9. The number of carbonyl (C=O) groups excluding carboxylic acids is 1. The molecular formula is C21H16ClN5O3. The highest BCUT2D eigenvalue weighted by molar-refractivity contribution is 6.34. The molecule has 150 valence electrons. The van der Waals surface area contributed by atoms with Crippen LogP contribution in [0.4, 0.5) is 11.4 Å². The summed E-state index contributed by atoms with van der Waals surface area (Å²) in [5, 5.41) is 22.5. The van der Waals surface area contributed by atoms with Gasteiger partial charge in [-0.1, -0.05) is 30.7 Å². The number of amides is 1. The SMILES string of the molecule is CCc1ccc(-n2nc3ccc(NC(=O)c4ccc([N+](=O)[O-])cc4Cl)cc3n2)cc1. The lowest BCUT2D eigenvalue weighted by Gasteiger charge is -2.06. The lowest BCUT2D eigenvalue weighted by atomic mass is 10.2. The molecule has 1 N–H and O–H groups in total. The number of rotatable bonds is 5. The number of non-ortho nitro benzene ring substituents is 1. The Morgan fingerprint density at radius 1 is 1.07 bits per heavy atom. The molecule has 1 aromatic heterocycles. The van der Waals surface area contributed by atoms with Crippen molar-refractivity contribution in [2.24, 2.45) is 0 Å². The summed E-state index contributed by atoms with van der Waals surface area (Å²) in [6, 6.07) is 16.8. The van der Waals surface area contributed by atoms with E-state index in [1.165, 1.54) is 17.7 Å². The zero-order chi connectivity index (χ0) is 21.3. The average molecular weight is 422 g/mol. The fourth-order valence-electron chi connectivity index (χ4n) is 2.97. The minimum absolute atomic E-state index is 0.00393. The number of nitro benzene ring substituents is 1. The van der Waals surface area contributed by atoms with Gasteiger partial charge in [-0.3, -0.25) is 14.9 Å². The molecule has 0 bridgehead atoms. The van der Waals surface area contributed by atoms with Gasteiger partial charge in [0.25, 0.3) is 11.6 Å². The van der Waals surface area contributed by atoms with E-state index in [0.29, 0.717) is 16.7 Å². The predicted octanol–water partition coefficient (Wildman–Crippen LogP) is 4.80. The molecule has 0 fully saturated rings. The van der Waals surface area contributed by atoms with E-state index in [1.807, 2.05) is 24.3 Å². The van der Waals surface area contributed by atoms with Crippen LogP contribution < -0.4 is 5.32 Å². The van der Waals surface area contributed by atoms with Gasteiger partial charge in [0.1, 0.15) is 11.0 Å². The molecule has 9 heteroatoms. The van der Waals surface area contributed by atoms with Crippen molar-refractivity contribution in [1.82, 2.24) is 15.0 Å². The molecule has 1 amide bonds. The predicted molar refractivity (Wildman–Crippen MR) is 114 cm³/mol. The van der Waals surface area contributed by atoms with Gasteiger partial charge in [-0.25, -0.2) is 0 Å². The van der Waals surface area contributed by atoms with Crippen molar-refractivity contribution in [3.05, 3.63) is 86.9 Å². The Kier molecular flexibility index (Phi) is 5.16. The van der Waals surface area contributed by atoms with Crippen LogP contribution >= 0.6 is 11.6 Å². The number of fused-ring (bicyclic) bond motifs is 1.